The standard InChI is InChI=1S/C14H12BrFIN/c1-8-2-5-13(16)11(6-8)14(18)10-7-9(17)3-4-12(10)15/h2-7,14H,18H2,1H3. The first-order chi connectivity index (χ1) is 8.49. The van der Waals surface area contributed by atoms with E-state index in [1.54, 1.807) is 12.1 Å². The van der Waals surface area contributed by atoms with Gasteiger partial charge in [-0.25, -0.2) is 4.39 Å². The van der Waals surface area contributed by atoms with Crippen LogP contribution in [0.2, 0.25) is 0 Å². The van der Waals surface area contributed by atoms with Crippen molar-refractivity contribution in [1.29, 1.82) is 0 Å². The summed E-state index contributed by atoms with van der Waals surface area (Å²) in [5.41, 5.74) is 8.61. The van der Waals surface area contributed by atoms with Crippen LogP contribution in [-0.2, 0) is 0 Å². The van der Waals surface area contributed by atoms with Crippen LogP contribution in [0.5, 0.6) is 0 Å². The molecular formula is C14H12BrFIN. The molecule has 1 unspecified atom stereocenters. The predicted molar refractivity (Wildman–Crippen MR) is 84.0 cm³/mol. The molecule has 0 saturated carbocycles. The lowest BCUT2D eigenvalue weighted by Gasteiger charge is -2.16. The fraction of sp³-hybridized carbons (Fsp3) is 0.143. The van der Waals surface area contributed by atoms with Gasteiger partial charge in [0.05, 0.1) is 6.04 Å². The molecule has 4 heteroatoms. The molecule has 2 N–H and O–H groups in total. The van der Waals surface area contributed by atoms with Crippen LogP contribution in [0.3, 0.4) is 0 Å². The van der Waals surface area contributed by atoms with E-state index in [9.17, 15) is 4.39 Å². The second-order valence-corrected chi connectivity index (χ2v) is 6.27. The molecule has 0 aliphatic heterocycles. The Morgan fingerprint density at radius 2 is 1.89 bits per heavy atom. The third kappa shape index (κ3) is 2.92. The molecule has 0 aliphatic rings. The number of halogens is 3. The molecule has 1 nitrogen and oxygen atoms in total. The average molecular weight is 420 g/mol. The van der Waals surface area contributed by atoms with Crippen molar-refractivity contribution in [2.24, 2.45) is 5.73 Å². The Hall–Kier alpha value is -0.460. The van der Waals surface area contributed by atoms with Gasteiger partial charge in [0.25, 0.3) is 0 Å². The Balaban J connectivity index is 2.50. The van der Waals surface area contributed by atoms with Crippen molar-refractivity contribution in [1.82, 2.24) is 0 Å². The van der Waals surface area contributed by atoms with Gasteiger partial charge in [-0.05, 0) is 59.3 Å². The van der Waals surface area contributed by atoms with Crippen molar-refractivity contribution in [3.8, 4) is 0 Å². The highest BCUT2D eigenvalue weighted by molar-refractivity contribution is 14.1. The zero-order valence-corrected chi connectivity index (χ0v) is 13.5. The molecule has 0 amide bonds. The van der Waals surface area contributed by atoms with Gasteiger partial charge in [-0.2, -0.15) is 0 Å². The van der Waals surface area contributed by atoms with E-state index in [0.717, 1.165) is 19.2 Å². The fourth-order valence-corrected chi connectivity index (χ4v) is 2.83. The van der Waals surface area contributed by atoms with Crippen molar-refractivity contribution >= 4 is 38.5 Å². The van der Waals surface area contributed by atoms with Gasteiger partial charge in [-0.15, -0.1) is 0 Å². The van der Waals surface area contributed by atoms with Gasteiger partial charge in [0.1, 0.15) is 5.82 Å². The molecule has 0 radical (unpaired) electrons. The first kappa shape index (κ1) is 14.0. The summed E-state index contributed by atoms with van der Waals surface area (Å²) in [6.07, 6.45) is 0. The minimum atomic E-state index is -0.464. The minimum Gasteiger partial charge on any atom is -0.320 e. The zero-order valence-electron chi connectivity index (χ0n) is 9.75. The van der Waals surface area contributed by atoms with Gasteiger partial charge in [0.15, 0.2) is 0 Å². The van der Waals surface area contributed by atoms with Crippen molar-refractivity contribution in [2.75, 3.05) is 0 Å². The van der Waals surface area contributed by atoms with E-state index in [1.807, 2.05) is 25.1 Å². The third-order valence-electron chi connectivity index (χ3n) is 2.78. The van der Waals surface area contributed by atoms with Gasteiger partial charge >= 0.3 is 0 Å². The normalized spacial score (nSPS) is 12.5. The minimum absolute atomic E-state index is 0.265. The fourth-order valence-electron chi connectivity index (χ4n) is 1.82. The molecule has 0 fully saturated rings. The molecular weight excluding hydrogens is 408 g/mol. The van der Waals surface area contributed by atoms with E-state index < -0.39 is 6.04 Å². The smallest absolute Gasteiger partial charge is 0.128 e. The molecule has 0 aromatic heterocycles. The van der Waals surface area contributed by atoms with Gasteiger partial charge in [-0.3, -0.25) is 0 Å². The monoisotopic (exact) mass is 419 g/mol. The lowest BCUT2D eigenvalue weighted by Crippen LogP contribution is -2.14. The predicted octanol–water partition coefficient (Wildman–Crippen LogP) is 4.55. The average Bonchev–Trinajstić information content (AvgIpc) is 2.34. The highest BCUT2D eigenvalue weighted by Crippen LogP contribution is 2.30. The maximum Gasteiger partial charge on any atom is 0.128 e. The molecule has 0 aliphatic carbocycles. The maximum atomic E-state index is 13.8. The van der Waals surface area contributed by atoms with Gasteiger partial charge < -0.3 is 5.73 Å². The summed E-state index contributed by atoms with van der Waals surface area (Å²) in [4.78, 5) is 0. The van der Waals surface area contributed by atoms with Crippen molar-refractivity contribution < 1.29 is 4.39 Å². The van der Waals surface area contributed by atoms with E-state index in [0.29, 0.717) is 5.56 Å². The Kier molecular flexibility index (Phi) is 4.40. The van der Waals surface area contributed by atoms with Crippen molar-refractivity contribution in [3.63, 3.8) is 0 Å². The number of benzene rings is 2. The van der Waals surface area contributed by atoms with E-state index in [1.165, 1.54) is 6.07 Å². The van der Waals surface area contributed by atoms with E-state index in [-0.39, 0.29) is 5.82 Å². The topological polar surface area (TPSA) is 26.0 Å². The first-order valence-electron chi connectivity index (χ1n) is 5.45. The van der Waals surface area contributed by atoms with Crippen LogP contribution in [-0.4, -0.2) is 0 Å². The van der Waals surface area contributed by atoms with Crippen LogP contribution in [0.4, 0.5) is 4.39 Å². The third-order valence-corrected chi connectivity index (χ3v) is 4.17. The number of hydrogen-bond donors (Lipinski definition) is 1. The summed E-state index contributed by atoms with van der Waals surface area (Å²) in [6.45, 7) is 1.93. The number of rotatable bonds is 2. The molecule has 2 aromatic rings. The van der Waals surface area contributed by atoms with Gasteiger partial charge in [0.2, 0.25) is 0 Å². The lowest BCUT2D eigenvalue weighted by atomic mass is 9.98. The molecule has 18 heavy (non-hydrogen) atoms. The van der Waals surface area contributed by atoms with Crippen LogP contribution in [0.1, 0.15) is 22.7 Å². The summed E-state index contributed by atoms with van der Waals surface area (Å²) in [6, 6.07) is 10.4. The SMILES string of the molecule is Cc1ccc(F)c(C(N)c2cc(I)ccc2Br)c1. The van der Waals surface area contributed by atoms with Crippen LogP contribution >= 0.6 is 38.5 Å². The summed E-state index contributed by atoms with van der Waals surface area (Å²) in [7, 11) is 0. The van der Waals surface area contributed by atoms with Crippen molar-refractivity contribution in [2.45, 2.75) is 13.0 Å². The molecule has 1 atom stereocenters. The zero-order chi connectivity index (χ0) is 13.3. The van der Waals surface area contributed by atoms with Gasteiger partial charge in [0, 0.05) is 13.6 Å². The molecule has 0 spiro atoms. The van der Waals surface area contributed by atoms with Crippen LogP contribution < -0.4 is 5.73 Å². The summed E-state index contributed by atoms with van der Waals surface area (Å²) in [5.74, 6) is -0.265. The maximum absolute atomic E-state index is 13.8. The van der Waals surface area contributed by atoms with Crippen LogP contribution in [0.25, 0.3) is 0 Å². The van der Waals surface area contributed by atoms with Gasteiger partial charge in [-0.1, -0.05) is 33.6 Å². The van der Waals surface area contributed by atoms with Crippen LogP contribution in [0, 0.1) is 16.3 Å². The molecule has 94 valence electrons. The van der Waals surface area contributed by atoms with E-state index in [2.05, 4.69) is 38.5 Å². The number of aryl methyl sites for hydroxylation is 1. The highest BCUT2D eigenvalue weighted by atomic mass is 127. The van der Waals surface area contributed by atoms with Crippen molar-refractivity contribution in [3.05, 3.63) is 66.9 Å². The Morgan fingerprint density at radius 1 is 1.17 bits per heavy atom. The molecule has 0 heterocycles. The number of hydrogen-bond acceptors (Lipinski definition) is 1. The molecule has 2 aromatic carbocycles. The molecule has 0 bridgehead atoms. The Bertz CT molecular complexity index is 535. The highest BCUT2D eigenvalue weighted by Gasteiger charge is 2.16. The Labute approximate surface area is 128 Å². The van der Waals surface area contributed by atoms with Crippen LogP contribution in [0.15, 0.2) is 40.9 Å². The first-order valence-corrected chi connectivity index (χ1v) is 7.33. The second kappa shape index (κ2) is 5.67. The molecule has 0 saturated heterocycles. The second-order valence-electron chi connectivity index (χ2n) is 4.17. The number of nitrogens with two attached hydrogens (primary N) is 1. The summed E-state index contributed by atoms with van der Waals surface area (Å²) >= 11 is 5.69. The quantitative estimate of drug-likeness (QED) is 0.710. The van der Waals surface area contributed by atoms with E-state index in [4.69, 9.17) is 5.73 Å². The lowest BCUT2D eigenvalue weighted by molar-refractivity contribution is 0.598. The molecule has 2 rings (SSSR count). The van der Waals surface area contributed by atoms with E-state index >= 15 is 0 Å². The largest absolute Gasteiger partial charge is 0.320 e. The Morgan fingerprint density at radius 3 is 2.61 bits per heavy atom. The summed E-state index contributed by atoms with van der Waals surface area (Å²) in [5, 5.41) is 0. The summed E-state index contributed by atoms with van der Waals surface area (Å²) < 4.78 is 15.8.